The van der Waals surface area contributed by atoms with Gasteiger partial charge in [0.15, 0.2) is 0 Å². The Hall–Kier alpha value is -1.35. The SMILES string of the molecule is CCN(CC)S(=O)(=O)c1ccc(OC)c(C(=O)NC2CCCNC2)c1.Cl. The molecule has 1 aromatic carbocycles. The number of amides is 1. The zero-order valence-corrected chi connectivity index (χ0v) is 17.1. The van der Waals surface area contributed by atoms with Crippen molar-refractivity contribution in [3.8, 4) is 5.75 Å². The summed E-state index contributed by atoms with van der Waals surface area (Å²) in [4.78, 5) is 12.8. The molecule has 1 heterocycles. The van der Waals surface area contributed by atoms with Crippen LogP contribution in [-0.2, 0) is 10.0 Å². The number of sulfonamides is 1. The van der Waals surface area contributed by atoms with Gasteiger partial charge in [0.05, 0.1) is 17.6 Å². The Bertz CT molecular complexity index is 702. The second kappa shape index (κ2) is 10.1. The van der Waals surface area contributed by atoms with Gasteiger partial charge in [-0.3, -0.25) is 4.79 Å². The van der Waals surface area contributed by atoms with E-state index in [1.165, 1.54) is 29.6 Å². The van der Waals surface area contributed by atoms with Gasteiger partial charge in [-0.15, -0.1) is 12.4 Å². The summed E-state index contributed by atoms with van der Waals surface area (Å²) in [6.45, 7) is 5.99. The molecule has 1 amide bonds. The third kappa shape index (κ3) is 5.09. The maximum Gasteiger partial charge on any atom is 0.255 e. The number of nitrogens with one attached hydrogen (secondary N) is 2. The van der Waals surface area contributed by atoms with Crippen LogP contribution in [-0.4, -0.2) is 58.0 Å². The molecule has 148 valence electrons. The normalized spacial score (nSPS) is 17.5. The molecule has 9 heteroatoms. The fraction of sp³-hybridized carbons (Fsp3) is 0.588. The summed E-state index contributed by atoms with van der Waals surface area (Å²) >= 11 is 0. The van der Waals surface area contributed by atoms with Crippen LogP contribution >= 0.6 is 12.4 Å². The second-order valence-electron chi connectivity index (χ2n) is 5.97. The topological polar surface area (TPSA) is 87.7 Å². The van der Waals surface area contributed by atoms with Gasteiger partial charge in [-0.25, -0.2) is 8.42 Å². The van der Waals surface area contributed by atoms with E-state index in [9.17, 15) is 13.2 Å². The Labute approximate surface area is 161 Å². The summed E-state index contributed by atoms with van der Waals surface area (Å²) in [7, 11) is -2.16. The van der Waals surface area contributed by atoms with Crippen LogP contribution in [0.2, 0.25) is 0 Å². The van der Waals surface area contributed by atoms with Crippen LogP contribution in [0.3, 0.4) is 0 Å². The van der Waals surface area contributed by atoms with E-state index in [-0.39, 0.29) is 34.8 Å². The van der Waals surface area contributed by atoms with Crippen LogP contribution in [0.1, 0.15) is 37.0 Å². The van der Waals surface area contributed by atoms with E-state index in [0.717, 1.165) is 19.4 Å². The third-order valence-corrected chi connectivity index (χ3v) is 6.44. The van der Waals surface area contributed by atoms with Gasteiger partial charge in [-0.05, 0) is 37.6 Å². The van der Waals surface area contributed by atoms with Crippen molar-refractivity contribution >= 4 is 28.3 Å². The lowest BCUT2D eigenvalue weighted by molar-refractivity contribution is 0.0927. The number of nitrogens with zero attached hydrogens (tertiary/aromatic N) is 1. The van der Waals surface area contributed by atoms with Crippen LogP contribution in [0.5, 0.6) is 5.75 Å². The van der Waals surface area contributed by atoms with Gasteiger partial charge in [0.2, 0.25) is 10.0 Å². The standard InChI is InChI=1S/C17H27N3O4S.ClH/c1-4-20(5-2)25(22,23)14-8-9-16(24-3)15(11-14)17(21)19-13-7-6-10-18-12-13;/h8-9,11,13,18H,4-7,10,12H2,1-3H3,(H,19,21);1H. The third-order valence-electron chi connectivity index (χ3n) is 4.39. The van der Waals surface area contributed by atoms with Crippen LogP contribution in [0.15, 0.2) is 23.1 Å². The van der Waals surface area contributed by atoms with E-state index in [2.05, 4.69) is 10.6 Å². The van der Waals surface area contributed by atoms with E-state index in [4.69, 9.17) is 4.74 Å². The number of carbonyl (C=O) groups is 1. The zero-order valence-electron chi connectivity index (χ0n) is 15.4. The molecule has 1 aliphatic rings. The molecule has 2 N–H and O–H groups in total. The smallest absolute Gasteiger partial charge is 0.255 e. The molecule has 0 bridgehead atoms. The minimum Gasteiger partial charge on any atom is -0.496 e. The Morgan fingerprint density at radius 1 is 1.35 bits per heavy atom. The van der Waals surface area contributed by atoms with Crippen LogP contribution in [0, 0.1) is 0 Å². The highest BCUT2D eigenvalue weighted by atomic mass is 35.5. The number of carbonyl (C=O) groups excluding carboxylic acids is 1. The summed E-state index contributed by atoms with van der Waals surface area (Å²) in [6.07, 6.45) is 1.90. The first-order valence-electron chi connectivity index (χ1n) is 8.63. The molecule has 2 rings (SSSR count). The van der Waals surface area contributed by atoms with Crippen molar-refractivity contribution in [2.24, 2.45) is 0 Å². The summed E-state index contributed by atoms with van der Waals surface area (Å²) in [5.41, 5.74) is 0.237. The maximum absolute atomic E-state index is 12.7. The Morgan fingerprint density at radius 2 is 2.04 bits per heavy atom. The largest absolute Gasteiger partial charge is 0.496 e. The number of piperidine rings is 1. The summed E-state index contributed by atoms with van der Waals surface area (Å²) in [5.74, 6) is 0.0434. The number of ether oxygens (including phenoxy) is 1. The first-order valence-corrected chi connectivity index (χ1v) is 10.1. The molecular weight excluding hydrogens is 378 g/mol. The molecular formula is C17H28ClN3O4S. The van der Waals surface area contributed by atoms with Gasteiger partial charge in [0.1, 0.15) is 5.75 Å². The predicted molar refractivity (Wildman–Crippen MR) is 104 cm³/mol. The van der Waals surface area contributed by atoms with Crippen LogP contribution in [0.4, 0.5) is 0 Å². The lowest BCUT2D eigenvalue weighted by Gasteiger charge is -2.24. The van der Waals surface area contributed by atoms with E-state index in [1.54, 1.807) is 13.8 Å². The van der Waals surface area contributed by atoms with Gasteiger partial charge in [0.25, 0.3) is 5.91 Å². The number of hydrogen-bond acceptors (Lipinski definition) is 5. The van der Waals surface area contributed by atoms with Crippen molar-refractivity contribution < 1.29 is 17.9 Å². The first kappa shape index (κ1) is 22.7. The minimum atomic E-state index is -3.63. The summed E-state index contributed by atoms with van der Waals surface area (Å²) in [6, 6.07) is 4.45. The van der Waals surface area contributed by atoms with Crippen molar-refractivity contribution in [2.45, 2.75) is 37.6 Å². The van der Waals surface area contributed by atoms with E-state index < -0.39 is 10.0 Å². The van der Waals surface area contributed by atoms with Gasteiger partial charge in [-0.2, -0.15) is 4.31 Å². The lowest BCUT2D eigenvalue weighted by atomic mass is 10.1. The van der Waals surface area contributed by atoms with Gasteiger partial charge in [-0.1, -0.05) is 13.8 Å². The minimum absolute atomic E-state index is 0. The van der Waals surface area contributed by atoms with Crippen LogP contribution in [0.25, 0.3) is 0 Å². The molecule has 1 aromatic rings. The zero-order chi connectivity index (χ0) is 18.4. The second-order valence-corrected chi connectivity index (χ2v) is 7.91. The van der Waals surface area contributed by atoms with E-state index in [0.29, 0.717) is 25.4 Å². The molecule has 0 spiro atoms. The number of halogens is 1. The molecule has 1 atom stereocenters. The van der Waals surface area contributed by atoms with Gasteiger partial charge in [0, 0.05) is 25.7 Å². The number of benzene rings is 1. The van der Waals surface area contributed by atoms with Gasteiger partial charge >= 0.3 is 0 Å². The first-order chi connectivity index (χ1) is 11.9. The summed E-state index contributed by atoms with van der Waals surface area (Å²) < 4.78 is 32.0. The molecule has 1 saturated heterocycles. The molecule has 0 saturated carbocycles. The molecule has 0 aromatic heterocycles. The molecule has 1 aliphatic heterocycles. The Balaban J connectivity index is 0.00000338. The van der Waals surface area contributed by atoms with Crippen LogP contribution < -0.4 is 15.4 Å². The maximum atomic E-state index is 12.7. The predicted octanol–water partition coefficient (Wildman–Crippen LogP) is 1.63. The van der Waals surface area contributed by atoms with Gasteiger partial charge < -0.3 is 15.4 Å². The molecule has 7 nitrogen and oxygen atoms in total. The summed E-state index contributed by atoms with van der Waals surface area (Å²) in [5, 5.41) is 6.19. The fourth-order valence-corrected chi connectivity index (χ4v) is 4.46. The molecule has 26 heavy (non-hydrogen) atoms. The van der Waals surface area contributed by atoms with E-state index >= 15 is 0 Å². The van der Waals surface area contributed by atoms with Crippen molar-refractivity contribution in [2.75, 3.05) is 33.3 Å². The van der Waals surface area contributed by atoms with Crippen molar-refractivity contribution in [1.29, 1.82) is 0 Å². The molecule has 1 unspecified atom stereocenters. The van der Waals surface area contributed by atoms with Crippen molar-refractivity contribution in [3.63, 3.8) is 0 Å². The highest BCUT2D eigenvalue weighted by molar-refractivity contribution is 7.89. The molecule has 0 radical (unpaired) electrons. The highest BCUT2D eigenvalue weighted by Crippen LogP contribution is 2.25. The average Bonchev–Trinajstić information content (AvgIpc) is 2.62. The number of methoxy groups -OCH3 is 1. The highest BCUT2D eigenvalue weighted by Gasteiger charge is 2.25. The quantitative estimate of drug-likeness (QED) is 0.719. The molecule has 1 fully saturated rings. The van der Waals surface area contributed by atoms with E-state index in [1.807, 2.05) is 0 Å². The number of rotatable bonds is 7. The Morgan fingerprint density at radius 3 is 2.58 bits per heavy atom. The fourth-order valence-electron chi connectivity index (χ4n) is 2.98. The Kier molecular flexibility index (Phi) is 8.82. The number of hydrogen-bond donors (Lipinski definition) is 2. The van der Waals surface area contributed by atoms with Crippen molar-refractivity contribution in [3.05, 3.63) is 23.8 Å². The molecule has 0 aliphatic carbocycles. The monoisotopic (exact) mass is 405 g/mol. The average molecular weight is 406 g/mol. The van der Waals surface area contributed by atoms with Crippen molar-refractivity contribution in [1.82, 2.24) is 14.9 Å². The lowest BCUT2D eigenvalue weighted by Crippen LogP contribution is -2.45.